The second-order valence-corrected chi connectivity index (χ2v) is 6.04. The molecule has 0 aliphatic carbocycles. The number of nitrogen functional groups attached to an aromatic ring is 1. The van der Waals surface area contributed by atoms with Crippen LogP contribution in [0.1, 0.15) is 43.6 Å². The molecule has 0 bridgehead atoms. The Hall–Kier alpha value is -2.09. The fourth-order valence-electron chi connectivity index (χ4n) is 3.01. The summed E-state index contributed by atoms with van der Waals surface area (Å²) in [5.41, 5.74) is 16.7. The summed E-state index contributed by atoms with van der Waals surface area (Å²) < 4.78 is 0. The van der Waals surface area contributed by atoms with Crippen molar-refractivity contribution in [2.45, 2.75) is 38.0 Å². The molecule has 8 nitrogen and oxygen atoms in total. The highest BCUT2D eigenvalue weighted by molar-refractivity contribution is 5.75. The molecule has 0 amide bonds. The molecule has 1 aliphatic heterocycles. The third-order valence-corrected chi connectivity index (χ3v) is 4.30. The number of aliphatic imine (C=N–C) groups is 1. The molecule has 0 aromatic carbocycles. The quantitative estimate of drug-likeness (QED) is 0.316. The average molecular weight is 321 g/mol. The molecule has 128 valence electrons. The fraction of sp³-hybridized carbons (Fsp3) is 0.667. The highest BCUT2D eigenvalue weighted by atomic mass is 16.1. The highest BCUT2D eigenvalue weighted by Gasteiger charge is 2.22. The van der Waals surface area contributed by atoms with Crippen molar-refractivity contribution in [3.8, 4) is 0 Å². The molecule has 0 atom stereocenters. The van der Waals surface area contributed by atoms with Gasteiger partial charge in [0.25, 0.3) is 5.56 Å². The molecule has 1 saturated heterocycles. The molecule has 0 radical (unpaired) electrons. The second kappa shape index (κ2) is 8.52. The Kier molecular flexibility index (Phi) is 6.40. The Morgan fingerprint density at radius 3 is 2.70 bits per heavy atom. The molecule has 1 fully saturated rings. The molecule has 0 spiro atoms. The minimum Gasteiger partial charge on any atom is -0.370 e. The van der Waals surface area contributed by atoms with Gasteiger partial charge in [0, 0.05) is 18.3 Å². The van der Waals surface area contributed by atoms with E-state index < -0.39 is 0 Å². The number of nitrogens with zero attached hydrogens (tertiary/aromatic N) is 3. The fourth-order valence-corrected chi connectivity index (χ4v) is 3.01. The standard InChI is InChI=1S/C15H27N7O/c16-14(17)19-6-2-1-3-7-22-8-4-11(5-9-22)12-10-20-15(18)21-13(12)23/h10-11H,1-9H2,(H4,16,17,19)(H3,18,20,21,23). The van der Waals surface area contributed by atoms with Crippen LogP contribution in [-0.2, 0) is 0 Å². The molecule has 23 heavy (non-hydrogen) atoms. The zero-order valence-corrected chi connectivity index (χ0v) is 13.5. The van der Waals surface area contributed by atoms with Crippen LogP contribution in [0.3, 0.4) is 0 Å². The lowest BCUT2D eigenvalue weighted by Gasteiger charge is -2.31. The van der Waals surface area contributed by atoms with Crippen LogP contribution in [0.15, 0.2) is 16.0 Å². The minimum atomic E-state index is -0.101. The first-order valence-electron chi connectivity index (χ1n) is 8.18. The Bertz CT molecular complexity index is 571. The maximum Gasteiger partial charge on any atom is 0.255 e. The third-order valence-electron chi connectivity index (χ3n) is 4.30. The number of likely N-dealkylation sites (tertiary alicyclic amines) is 1. The zero-order chi connectivity index (χ0) is 16.7. The number of aromatic amines is 1. The summed E-state index contributed by atoms with van der Waals surface area (Å²) in [7, 11) is 0. The third kappa shape index (κ3) is 5.55. The predicted octanol–water partition coefficient (Wildman–Crippen LogP) is -0.0248. The highest BCUT2D eigenvalue weighted by Crippen LogP contribution is 2.25. The van der Waals surface area contributed by atoms with Gasteiger partial charge < -0.3 is 22.1 Å². The molecular weight excluding hydrogens is 294 g/mol. The van der Waals surface area contributed by atoms with Crippen molar-refractivity contribution in [2.24, 2.45) is 16.5 Å². The summed E-state index contributed by atoms with van der Waals surface area (Å²) in [4.78, 5) is 24.9. The number of rotatable bonds is 7. The van der Waals surface area contributed by atoms with E-state index in [2.05, 4.69) is 19.9 Å². The predicted molar refractivity (Wildman–Crippen MR) is 92.2 cm³/mol. The summed E-state index contributed by atoms with van der Waals surface area (Å²) >= 11 is 0. The minimum absolute atomic E-state index is 0.101. The van der Waals surface area contributed by atoms with Crippen molar-refractivity contribution >= 4 is 11.9 Å². The normalized spacial score (nSPS) is 16.3. The van der Waals surface area contributed by atoms with Crippen molar-refractivity contribution in [3.63, 3.8) is 0 Å². The maximum atomic E-state index is 11.9. The first-order valence-corrected chi connectivity index (χ1v) is 8.18. The van der Waals surface area contributed by atoms with E-state index in [4.69, 9.17) is 17.2 Å². The number of hydrogen-bond acceptors (Lipinski definition) is 5. The van der Waals surface area contributed by atoms with Gasteiger partial charge in [-0.05, 0) is 51.2 Å². The van der Waals surface area contributed by atoms with Crippen molar-refractivity contribution < 1.29 is 0 Å². The van der Waals surface area contributed by atoms with Gasteiger partial charge in [-0.2, -0.15) is 0 Å². The van der Waals surface area contributed by atoms with Gasteiger partial charge in [-0.1, -0.05) is 6.42 Å². The number of aromatic nitrogens is 2. The number of piperidine rings is 1. The topological polar surface area (TPSA) is 139 Å². The van der Waals surface area contributed by atoms with Crippen LogP contribution in [0.2, 0.25) is 0 Å². The summed E-state index contributed by atoms with van der Waals surface area (Å²) in [5, 5.41) is 0. The number of H-pyrrole nitrogens is 1. The Balaban J connectivity index is 1.68. The Morgan fingerprint density at radius 2 is 2.04 bits per heavy atom. The molecule has 1 aromatic heterocycles. The average Bonchev–Trinajstić information content (AvgIpc) is 2.51. The lowest BCUT2D eigenvalue weighted by Crippen LogP contribution is -2.35. The van der Waals surface area contributed by atoms with E-state index in [-0.39, 0.29) is 23.4 Å². The van der Waals surface area contributed by atoms with Crippen LogP contribution in [-0.4, -0.2) is 47.0 Å². The molecule has 7 N–H and O–H groups in total. The van der Waals surface area contributed by atoms with Gasteiger partial charge in [0.1, 0.15) is 0 Å². The lowest BCUT2D eigenvalue weighted by molar-refractivity contribution is 0.208. The monoisotopic (exact) mass is 321 g/mol. The van der Waals surface area contributed by atoms with Crippen molar-refractivity contribution in [2.75, 3.05) is 31.9 Å². The number of nitrogens with one attached hydrogen (secondary N) is 1. The van der Waals surface area contributed by atoms with Crippen LogP contribution >= 0.6 is 0 Å². The van der Waals surface area contributed by atoms with Gasteiger partial charge in [0.05, 0.1) is 0 Å². The van der Waals surface area contributed by atoms with E-state index in [1.165, 1.54) is 0 Å². The van der Waals surface area contributed by atoms with E-state index in [0.29, 0.717) is 6.54 Å². The van der Waals surface area contributed by atoms with Gasteiger partial charge in [0.15, 0.2) is 11.9 Å². The second-order valence-electron chi connectivity index (χ2n) is 6.04. The molecular formula is C15H27N7O. The van der Waals surface area contributed by atoms with Crippen LogP contribution in [0, 0.1) is 0 Å². The van der Waals surface area contributed by atoms with Gasteiger partial charge in [0.2, 0.25) is 0 Å². The largest absolute Gasteiger partial charge is 0.370 e. The van der Waals surface area contributed by atoms with Gasteiger partial charge in [-0.3, -0.25) is 14.8 Å². The Morgan fingerprint density at radius 1 is 1.30 bits per heavy atom. The van der Waals surface area contributed by atoms with E-state index in [1.54, 1.807) is 6.20 Å². The van der Waals surface area contributed by atoms with Crippen LogP contribution in [0.25, 0.3) is 0 Å². The molecule has 1 aromatic rings. The van der Waals surface area contributed by atoms with Crippen LogP contribution in [0.4, 0.5) is 5.95 Å². The van der Waals surface area contributed by atoms with Crippen molar-refractivity contribution in [3.05, 3.63) is 22.1 Å². The summed E-state index contributed by atoms with van der Waals surface area (Å²) in [6.07, 6.45) is 6.89. The first kappa shape index (κ1) is 17.3. The van der Waals surface area contributed by atoms with Crippen LogP contribution in [0.5, 0.6) is 0 Å². The number of nitrogens with two attached hydrogens (primary N) is 3. The smallest absolute Gasteiger partial charge is 0.255 e. The number of guanidine groups is 1. The van der Waals surface area contributed by atoms with Gasteiger partial charge in [-0.15, -0.1) is 0 Å². The molecule has 2 rings (SSSR count). The van der Waals surface area contributed by atoms with E-state index in [9.17, 15) is 4.79 Å². The number of anilines is 1. The van der Waals surface area contributed by atoms with Crippen molar-refractivity contribution in [1.82, 2.24) is 14.9 Å². The van der Waals surface area contributed by atoms with Crippen LogP contribution < -0.4 is 22.8 Å². The van der Waals surface area contributed by atoms with E-state index in [1.807, 2.05) is 0 Å². The molecule has 2 heterocycles. The van der Waals surface area contributed by atoms with Crippen molar-refractivity contribution in [1.29, 1.82) is 0 Å². The zero-order valence-electron chi connectivity index (χ0n) is 13.5. The SMILES string of the molecule is NC(N)=NCCCCCN1CCC(c2cnc(N)[nH]c2=O)CC1. The van der Waals surface area contributed by atoms with E-state index >= 15 is 0 Å². The first-order chi connectivity index (χ1) is 11.1. The lowest BCUT2D eigenvalue weighted by atomic mass is 9.91. The van der Waals surface area contributed by atoms with Gasteiger partial charge in [-0.25, -0.2) is 4.98 Å². The molecule has 8 heteroatoms. The molecule has 0 unspecified atom stereocenters. The number of hydrogen-bond donors (Lipinski definition) is 4. The Labute approximate surface area is 136 Å². The number of unbranched alkanes of at least 4 members (excludes halogenated alkanes) is 2. The summed E-state index contributed by atoms with van der Waals surface area (Å²) in [6.45, 7) is 3.83. The molecule has 0 saturated carbocycles. The van der Waals surface area contributed by atoms with E-state index in [0.717, 1.165) is 57.3 Å². The summed E-state index contributed by atoms with van der Waals surface area (Å²) in [5.74, 6) is 0.626. The maximum absolute atomic E-state index is 11.9. The molecule has 1 aliphatic rings. The van der Waals surface area contributed by atoms with Gasteiger partial charge >= 0.3 is 0 Å². The summed E-state index contributed by atoms with van der Waals surface area (Å²) in [6, 6.07) is 0.